The summed E-state index contributed by atoms with van der Waals surface area (Å²) in [6, 6.07) is 58.1. The number of amidine groups is 1. The Morgan fingerprint density at radius 1 is 0.631 bits per heavy atom. The third kappa shape index (κ3) is 6.12. The summed E-state index contributed by atoms with van der Waals surface area (Å²) in [6.07, 6.45) is 19.6. The normalized spacial score (nSPS) is 17.7. The monoisotopic (exact) mass is 834 g/mol. The first-order chi connectivity index (χ1) is 32.2. The highest BCUT2D eigenvalue weighted by Gasteiger charge is 2.38. The molecule has 310 valence electrons. The number of para-hydroxylation sites is 3. The van der Waals surface area contributed by atoms with Crippen LogP contribution in [0.15, 0.2) is 204 Å². The van der Waals surface area contributed by atoms with E-state index in [4.69, 9.17) is 9.98 Å². The number of aliphatic imine (C=N–C) groups is 2. The van der Waals surface area contributed by atoms with E-state index in [0.717, 1.165) is 59.6 Å². The third-order valence-corrected chi connectivity index (χ3v) is 14.3. The summed E-state index contributed by atoms with van der Waals surface area (Å²) >= 11 is 0. The van der Waals surface area contributed by atoms with Crippen molar-refractivity contribution < 1.29 is 0 Å². The number of fused-ring (bicyclic) bond motifs is 11. The fourth-order valence-corrected chi connectivity index (χ4v) is 11.1. The molecule has 2 unspecified atom stereocenters. The van der Waals surface area contributed by atoms with Crippen molar-refractivity contribution in [2.24, 2.45) is 15.9 Å². The van der Waals surface area contributed by atoms with Gasteiger partial charge < -0.3 is 9.47 Å². The van der Waals surface area contributed by atoms with Gasteiger partial charge in [0.15, 0.2) is 5.84 Å². The fourth-order valence-electron chi connectivity index (χ4n) is 11.1. The SMILES string of the molecule is C/C(=N\C(=N/c1c(N2C3=Cc4ccc(-n5c6ccccc6c6ccccc65)cc4CC3c3ccccc32)ccc2c1CCC=C2)c1cccc2c1ccc1ccccc12)C1C=CC=CC1. The second-order valence-electron chi connectivity index (χ2n) is 17.9. The number of nitrogens with zero attached hydrogens (tertiary/aromatic N) is 4. The van der Waals surface area contributed by atoms with Gasteiger partial charge in [0.25, 0.3) is 0 Å². The van der Waals surface area contributed by atoms with Crippen LogP contribution >= 0.6 is 0 Å². The molecule has 4 aliphatic rings. The van der Waals surface area contributed by atoms with Gasteiger partial charge in [-0.2, -0.15) is 0 Å². The van der Waals surface area contributed by atoms with Crippen LogP contribution in [-0.2, 0) is 12.8 Å². The summed E-state index contributed by atoms with van der Waals surface area (Å²) in [4.78, 5) is 14.0. The van der Waals surface area contributed by atoms with Crippen molar-refractivity contribution >= 4 is 84.1 Å². The quantitative estimate of drug-likeness (QED) is 0.0966. The molecule has 0 amide bonds. The molecule has 0 radical (unpaired) electrons. The Bertz CT molecular complexity index is 3590. The van der Waals surface area contributed by atoms with Crippen LogP contribution in [0.2, 0.25) is 0 Å². The van der Waals surface area contributed by atoms with Crippen LogP contribution in [0.25, 0.3) is 61.2 Å². The lowest BCUT2D eigenvalue weighted by Gasteiger charge is -2.30. The number of hydrogen-bond acceptors (Lipinski definition) is 2. The van der Waals surface area contributed by atoms with Crippen molar-refractivity contribution in [3.63, 3.8) is 0 Å². The average Bonchev–Trinajstić information content (AvgIpc) is 3.87. The molecule has 1 aliphatic heterocycles. The molecule has 65 heavy (non-hydrogen) atoms. The van der Waals surface area contributed by atoms with Gasteiger partial charge in [0.2, 0.25) is 0 Å². The van der Waals surface area contributed by atoms with Gasteiger partial charge in [-0.1, -0.05) is 158 Å². The number of benzene rings is 8. The molecule has 0 N–H and O–H groups in total. The lowest BCUT2D eigenvalue weighted by Crippen LogP contribution is -2.19. The maximum Gasteiger partial charge on any atom is 0.160 e. The fraction of sp³-hybridized carbons (Fsp3) is 0.115. The topological polar surface area (TPSA) is 32.9 Å². The lowest BCUT2D eigenvalue weighted by atomic mass is 9.84. The average molecular weight is 835 g/mol. The highest BCUT2D eigenvalue weighted by atomic mass is 15.2. The molecule has 0 bridgehead atoms. The standard InChI is InChI=1S/C61H46N4/c1-39(40-16-3-2-4-17-40)62-61(53-26-15-25-48-46-20-7-5-18-41(46)31-34-49(48)53)63-60-47-21-8-6-19-42(47)32-35-58(60)65-57-29-14-11-24-52(57)54-37-44-36-45(33-30-43(44)38-59(54)65)64-55-27-12-9-22-50(55)51-23-10-13-28-56(51)64/h2-7,9-16,18-20,22-36,38,40,54H,8,17,21,37H2,1H3/b62-39+,63-61-. The molecule has 0 saturated carbocycles. The minimum absolute atomic E-state index is 0.192. The van der Waals surface area contributed by atoms with E-state index < -0.39 is 0 Å². The van der Waals surface area contributed by atoms with Crippen LogP contribution < -0.4 is 4.90 Å². The lowest BCUT2D eigenvalue weighted by molar-refractivity contribution is 0.797. The predicted molar refractivity (Wildman–Crippen MR) is 275 cm³/mol. The van der Waals surface area contributed by atoms with Crippen molar-refractivity contribution in [3.8, 4) is 5.69 Å². The molecule has 0 saturated heterocycles. The van der Waals surface area contributed by atoms with Crippen molar-refractivity contribution in [1.29, 1.82) is 0 Å². The summed E-state index contributed by atoms with van der Waals surface area (Å²) in [6.45, 7) is 2.17. The zero-order valence-corrected chi connectivity index (χ0v) is 36.3. The summed E-state index contributed by atoms with van der Waals surface area (Å²) in [7, 11) is 0. The van der Waals surface area contributed by atoms with Crippen LogP contribution in [0.4, 0.5) is 17.1 Å². The molecule has 13 rings (SSSR count). The zero-order chi connectivity index (χ0) is 43.0. The summed E-state index contributed by atoms with van der Waals surface area (Å²) in [5.41, 5.74) is 16.9. The minimum Gasteiger partial charge on any atom is -0.311 e. The molecule has 2 heterocycles. The first kappa shape index (κ1) is 37.7. The minimum atomic E-state index is 0.192. The van der Waals surface area contributed by atoms with E-state index in [9.17, 15) is 0 Å². The van der Waals surface area contributed by atoms with Gasteiger partial charge >= 0.3 is 0 Å². The number of hydrogen-bond donors (Lipinski definition) is 0. The molecular weight excluding hydrogens is 789 g/mol. The maximum atomic E-state index is 5.88. The Labute approximate surface area is 379 Å². The largest absolute Gasteiger partial charge is 0.311 e. The van der Waals surface area contributed by atoms with E-state index in [2.05, 4.69) is 217 Å². The molecule has 9 aromatic rings. The van der Waals surface area contributed by atoms with Crippen molar-refractivity contribution in [3.05, 3.63) is 227 Å². The molecule has 3 aliphatic carbocycles. The van der Waals surface area contributed by atoms with Gasteiger partial charge in [-0.05, 0) is 124 Å². The third-order valence-electron chi connectivity index (χ3n) is 14.3. The van der Waals surface area contributed by atoms with Gasteiger partial charge in [-0.25, -0.2) is 9.98 Å². The van der Waals surface area contributed by atoms with Gasteiger partial charge in [-0.15, -0.1) is 0 Å². The van der Waals surface area contributed by atoms with E-state index in [1.54, 1.807) is 0 Å². The molecule has 2 atom stereocenters. The van der Waals surface area contributed by atoms with Crippen LogP contribution in [0.1, 0.15) is 59.1 Å². The number of allylic oxidation sites excluding steroid dienone is 6. The van der Waals surface area contributed by atoms with E-state index in [-0.39, 0.29) is 11.8 Å². The van der Waals surface area contributed by atoms with Crippen LogP contribution in [0, 0.1) is 5.92 Å². The Morgan fingerprint density at radius 2 is 1.40 bits per heavy atom. The Balaban J connectivity index is 1.01. The van der Waals surface area contributed by atoms with Crippen LogP contribution in [-0.4, -0.2) is 16.1 Å². The first-order valence-electron chi connectivity index (χ1n) is 23.1. The maximum absolute atomic E-state index is 5.88. The van der Waals surface area contributed by atoms with E-state index in [0.29, 0.717) is 0 Å². The van der Waals surface area contributed by atoms with Gasteiger partial charge in [0, 0.05) is 51.0 Å². The Kier molecular flexibility index (Phi) is 8.80. The predicted octanol–water partition coefficient (Wildman–Crippen LogP) is 15.6. The second kappa shape index (κ2) is 15.2. The van der Waals surface area contributed by atoms with E-state index in [1.807, 2.05) is 0 Å². The first-order valence-corrected chi connectivity index (χ1v) is 23.1. The molecule has 1 aromatic heterocycles. The Hall–Kier alpha value is -7.82. The molecule has 0 fully saturated rings. The zero-order valence-electron chi connectivity index (χ0n) is 36.3. The van der Waals surface area contributed by atoms with Gasteiger partial charge in [0.05, 0.1) is 22.4 Å². The van der Waals surface area contributed by atoms with Crippen molar-refractivity contribution in [2.75, 3.05) is 4.90 Å². The second-order valence-corrected chi connectivity index (χ2v) is 17.9. The summed E-state index contributed by atoms with van der Waals surface area (Å²) in [5.74, 6) is 1.15. The van der Waals surface area contributed by atoms with Gasteiger partial charge in [-0.3, -0.25) is 0 Å². The molecule has 4 heteroatoms. The smallest absolute Gasteiger partial charge is 0.160 e. The summed E-state index contributed by atoms with van der Waals surface area (Å²) in [5, 5.41) is 7.40. The highest BCUT2D eigenvalue weighted by Crippen LogP contribution is 2.55. The van der Waals surface area contributed by atoms with Gasteiger partial charge in [0.1, 0.15) is 0 Å². The molecule has 0 spiro atoms. The van der Waals surface area contributed by atoms with E-state index >= 15 is 0 Å². The Morgan fingerprint density at radius 3 is 2.25 bits per heavy atom. The van der Waals surface area contributed by atoms with Crippen LogP contribution in [0.5, 0.6) is 0 Å². The van der Waals surface area contributed by atoms with Crippen molar-refractivity contribution in [2.45, 2.75) is 38.5 Å². The molecule has 4 nitrogen and oxygen atoms in total. The van der Waals surface area contributed by atoms with Crippen molar-refractivity contribution in [1.82, 2.24) is 4.57 Å². The summed E-state index contributed by atoms with van der Waals surface area (Å²) < 4.78 is 2.44. The van der Waals surface area contributed by atoms with E-state index in [1.165, 1.54) is 82.9 Å². The molecular formula is C61H46N4. The molecule has 8 aromatic carbocycles. The number of aromatic nitrogens is 1. The number of rotatable bonds is 5. The van der Waals surface area contributed by atoms with Crippen LogP contribution in [0.3, 0.4) is 0 Å². The highest BCUT2D eigenvalue weighted by molar-refractivity contribution is 6.19. The number of anilines is 2.